The Morgan fingerprint density at radius 1 is 1.26 bits per heavy atom. The summed E-state index contributed by atoms with van der Waals surface area (Å²) in [6.45, 7) is 8.11. The third kappa shape index (κ3) is 4.56. The summed E-state index contributed by atoms with van der Waals surface area (Å²) in [5.74, 6) is -1.13. The summed E-state index contributed by atoms with van der Waals surface area (Å²) in [4.78, 5) is 24.1. The number of esters is 1. The Hall–Kier alpha value is -2.34. The summed E-state index contributed by atoms with van der Waals surface area (Å²) in [5, 5.41) is 5.30. The molecule has 2 N–H and O–H groups in total. The lowest BCUT2D eigenvalue weighted by Gasteiger charge is -2.33. The Kier molecular flexibility index (Phi) is 5.76. The highest BCUT2D eigenvalue weighted by atomic mass is 16.6. The molecule has 1 heterocycles. The maximum Gasteiger partial charge on any atom is 0.319 e. The number of amides is 2. The molecule has 0 spiro atoms. The minimum Gasteiger partial charge on any atom is -0.463 e. The standard InChI is InChI=1S/C17H22N2O4/c1-11(2)22-9-10-23-16(20)14-12(3)18-17(21)19-15(14)13-7-5-4-6-8-13/h4-8,11,14-15H,3,9-10H2,1-2H3,(H2,18,19,21)/t14-,15+/m0/s1. The van der Waals surface area contributed by atoms with E-state index in [9.17, 15) is 9.59 Å². The highest BCUT2D eigenvalue weighted by Crippen LogP contribution is 2.30. The van der Waals surface area contributed by atoms with E-state index in [1.807, 2.05) is 44.2 Å². The van der Waals surface area contributed by atoms with E-state index in [0.717, 1.165) is 5.56 Å². The average Bonchev–Trinajstić information content (AvgIpc) is 2.51. The van der Waals surface area contributed by atoms with E-state index in [-0.39, 0.29) is 18.7 Å². The monoisotopic (exact) mass is 318 g/mol. The van der Waals surface area contributed by atoms with Gasteiger partial charge in [0.2, 0.25) is 0 Å². The van der Waals surface area contributed by atoms with E-state index in [4.69, 9.17) is 9.47 Å². The maximum absolute atomic E-state index is 12.4. The highest BCUT2D eigenvalue weighted by Gasteiger charge is 2.38. The van der Waals surface area contributed by atoms with E-state index < -0.39 is 17.9 Å². The molecule has 1 aromatic rings. The molecule has 0 bridgehead atoms. The fourth-order valence-electron chi connectivity index (χ4n) is 2.42. The normalized spacial score (nSPS) is 20.8. The summed E-state index contributed by atoms with van der Waals surface area (Å²) in [5.41, 5.74) is 1.15. The van der Waals surface area contributed by atoms with E-state index in [1.54, 1.807) is 0 Å². The summed E-state index contributed by atoms with van der Waals surface area (Å²) in [7, 11) is 0. The Bertz CT molecular complexity index is 571. The van der Waals surface area contributed by atoms with Crippen molar-refractivity contribution in [2.45, 2.75) is 26.0 Å². The Balaban J connectivity index is 2.07. The minimum atomic E-state index is -0.686. The molecule has 1 aromatic carbocycles. The van der Waals surface area contributed by atoms with Crippen LogP contribution < -0.4 is 10.6 Å². The number of ether oxygens (including phenoxy) is 2. The third-order valence-corrected chi connectivity index (χ3v) is 3.46. The number of nitrogens with one attached hydrogen (secondary N) is 2. The smallest absolute Gasteiger partial charge is 0.319 e. The Morgan fingerprint density at radius 3 is 2.61 bits per heavy atom. The van der Waals surface area contributed by atoms with Crippen LogP contribution in [0.2, 0.25) is 0 Å². The van der Waals surface area contributed by atoms with Crippen molar-refractivity contribution >= 4 is 12.0 Å². The first-order valence-corrected chi connectivity index (χ1v) is 7.58. The first kappa shape index (κ1) is 17.0. The summed E-state index contributed by atoms with van der Waals surface area (Å²) < 4.78 is 10.6. The quantitative estimate of drug-likeness (QED) is 0.622. The zero-order valence-corrected chi connectivity index (χ0v) is 13.4. The third-order valence-electron chi connectivity index (χ3n) is 3.46. The molecular formula is C17H22N2O4. The van der Waals surface area contributed by atoms with Crippen molar-refractivity contribution in [3.63, 3.8) is 0 Å². The van der Waals surface area contributed by atoms with E-state index >= 15 is 0 Å². The summed E-state index contributed by atoms with van der Waals surface area (Å²) >= 11 is 0. The van der Waals surface area contributed by atoms with Crippen molar-refractivity contribution < 1.29 is 19.1 Å². The van der Waals surface area contributed by atoms with Gasteiger partial charge in [-0.3, -0.25) is 4.79 Å². The predicted octanol–water partition coefficient (Wildman–Crippen LogP) is 2.14. The molecule has 6 heteroatoms. The fourth-order valence-corrected chi connectivity index (χ4v) is 2.42. The van der Waals surface area contributed by atoms with Crippen LogP contribution in [0.5, 0.6) is 0 Å². The number of carbonyl (C=O) groups excluding carboxylic acids is 2. The van der Waals surface area contributed by atoms with Gasteiger partial charge < -0.3 is 20.1 Å². The van der Waals surface area contributed by atoms with Gasteiger partial charge in [-0.25, -0.2) is 4.79 Å². The zero-order chi connectivity index (χ0) is 16.8. The van der Waals surface area contributed by atoms with Gasteiger partial charge in [0.25, 0.3) is 0 Å². The average molecular weight is 318 g/mol. The molecule has 0 aliphatic carbocycles. The van der Waals surface area contributed by atoms with Crippen LogP contribution in [0.15, 0.2) is 42.6 Å². The second kappa shape index (κ2) is 7.78. The molecule has 0 saturated carbocycles. The molecule has 124 valence electrons. The first-order valence-electron chi connectivity index (χ1n) is 7.58. The molecular weight excluding hydrogens is 296 g/mol. The second-order valence-electron chi connectivity index (χ2n) is 5.58. The van der Waals surface area contributed by atoms with Gasteiger partial charge >= 0.3 is 12.0 Å². The molecule has 6 nitrogen and oxygen atoms in total. The number of benzene rings is 1. The van der Waals surface area contributed by atoms with Gasteiger partial charge in [-0.1, -0.05) is 36.9 Å². The van der Waals surface area contributed by atoms with Crippen LogP contribution in [0.4, 0.5) is 4.79 Å². The van der Waals surface area contributed by atoms with Crippen LogP contribution >= 0.6 is 0 Å². The lowest BCUT2D eigenvalue weighted by Crippen LogP contribution is -2.51. The number of rotatable bonds is 6. The molecule has 1 aliphatic rings. The maximum atomic E-state index is 12.4. The molecule has 0 unspecified atom stereocenters. The van der Waals surface area contributed by atoms with Crippen LogP contribution in [-0.4, -0.2) is 31.3 Å². The van der Waals surface area contributed by atoms with Gasteiger partial charge in [0.05, 0.1) is 18.8 Å². The Morgan fingerprint density at radius 2 is 1.96 bits per heavy atom. The molecule has 23 heavy (non-hydrogen) atoms. The SMILES string of the molecule is C=C1NC(=O)N[C@H](c2ccccc2)[C@H]1C(=O)OCCOC(C)C. The van der Waals surface area contributed by atoms with Gasteiger partial charge in [0.15, 0.2) is 0 Å². The van der Waals surface area contributed by atoms with E-state index in [2.05, 4.69) is 17.2 Å². The fraction of sp³-hybridized carbons (Fsp3) is 0.412. The van der Waals surface area contributed by atoms with E-state index in [0.29, 0.717) is 12.3 Å². The van der Waals surface area contributed by atoms with Crippen molar-refractivity contribution in [3.8, 4) is 0 Å². The molecule has 0 radical (unpaired) electrons. The van der Waals surface area contributed by atoms with Gasteiger partial charge in [-0.2, -0.15) is 0 Å². The van der Waals surface area contributed by atoms with Crippen LogP contribution in [-0.2, 0) is 14.3 Å². The van der Waals surface area contributed by atoms with Gasteiger partial charge in [0.1, 0.15) is 12.5 Å². The van der Waals surface area contributed by atoms with Gasteiger partial charge in [0, 0.05) is 5.70 Å². The molecule has 0 aromatic heterocycles. The zero-order valence-electron chi connectivity index (χ0n) is 13.4. The number of urea groups is 1. The minimum absolute atomic E-state index is 0.0800. The number of hydrogen-bond donors (Lipinski definition) is 2. The molecule has 2 rings (SSSR count). The van der Waals surface area contributed by atoms with Crippen molar-refractivity contribution in [2.75, 3.05) is 13.2 Å². The summed E-state index contributed by atoms with van der Waals surface area (Å²) in [6, 6.07) is 8.40. The van der Waals surface area contributed by atoms with Crippen molar-refractivity contribution in [1.82, 2.24) is 10.6 Å². The van der Waals surface area contributed by atoms with Crippen LogP contribution in [0, 0.1) is 5.92 Å². The highest BCUT2D eigenvalue weighted by molar-refractivity contribution is 5.85. The second-order valence-corrected chi connectivity index (χ2v) is 5.58. The van der Waals surface area contributed by atoms with Crippen LogP contribution in [0.3, 0.4) is 0 Å². The van der Waals surface area contributed by atoms with Gasteiger partial charge in [-0.05, 0) is 19.4 Å². The van der Waals surface area contributed by atoms with E-state index in [1.165, 1.54) is 0 Å². The molecule has 1 fully saturated rings. The van der Waals surface area contributed by atoms with Crippen molar-refractivity contribution in [2.24, 2.45) is 5.92 Å². The van der Waals surface area contributed by atoms with Crippen molar-refractivity contribution in [3.05, 3.63) is 48.2 Å². The van der Waals surface area contributed by atoms with Gasteiger partial charge in [-0.15, -0.1) is 0 Å². The topological polar surface area (TPSA) is 76.7 Å². The lowest BCUT2D eigenvalue weighted by molar-refractivity contribution is -0.150. The van der Waals surface area contributed by atoms with Crippen molar-refractivity contribution in [1.29, 1.82) is 0 Å². The largest absolute Gasteiger partial charge is 0.463 e. The summed E-state index contributed by atoms with van der Waals surface area (Å²) in [6.07, 6.45) is 0.0800. The number of carbonyl (C=O) groups is 2. The van der Waals surface area contributed by atoms with Crippen LogP contribution in [0.1, 0.15) is 25.5 Å². The molecule has 2 amide bonds. The molecule has 2 atom stereocenters. The predicted molar refractivity (Wildman–Crippen MR) is 85.5 cm³/mol. The first-order chi connectivity index (χ1) is 11.0. The molecule has 1 saturated heterocycles. The molecule has 1 aliphatic heterocycles. The number of hydrogen-bond acceptors (Lipinski definition) is 4. The van der Waals surface area contributed by atoms with Crippen LogP contribution in [0.25, 0.3) is 0 Å². The Labute approximate surface area is 135 Å². The lowest BCUT2D eigenvalue weighted by atomic mass is 9.89.